The van der Waals surface area contributed by atoms with Crippen molar-refractivity contribution < 1.29 is 14.6 Å². The van der Waals surface area contributed by atoms with E-state index in [4.69, 9.17) is 9.47 Å². The summed E-state index contributed by atoms with van der Waals surface area (Å²) in [5.74, 6) is 0.388. The number of likely N-dealkylation sites (tertiary alicyclic amines) is 1. The molecule has 0 aliphatic carbocycles. The van der Waals surface area contributed by atoms with Crippen LogP contribution in [0, 0.1) is 11.8 Å². The minimum atomic E-state index is -0.400. The van der Waals surface area contributed by atoms with E-state index in [2.05, 4.69) is 4.90 Å². The zero-order chi connectivity index (χ0) is 9.97. The molecule has 0 saturated carbocycles. The van der Waals surface area contributed by atoms with Crippen molar-refractivity contribution in [2.45, 2.75) is 6.10 Å². The maximum atomic E-state index is 11.8. The summed E-state index contributed by atoms with van der Waals surface area (Å²) in [7, 11) is 1.71. The van der Waals surface area contributed by atoms with Crippen LogP contribution in [0.15, 0.2) is 0 Å². The van der Waals surface area contributed by atoms with Crippen molar-refractivity contribution in [3.05, 3.63) is 0 Å². The van der Waals surface area contributed by atoms with E-state index in [0.29, 0.717) is 13.2 Å². The van der Waals surface area contributed by atoms with Crippen LogP contribution < -0.4 is 0 Å². The van der Waals surface area contributed by atoms with Gasteiger partial charge in [-0.25, -0.2) is 5.11 Å². The van der Waals surface area contributed by atoms with E-state index in [1.165, 1.54) is 0 Å². The van der Waals surface area contributed by atoms with Crippen molar-refractivity contribution >= 4 is 0 Å². The Bertz CT molecular complexity index is 174. The normalized spacial score (nSPS) is 38.6. The highest BCUT2D eigenvalue weighted by Crippen LogP contribution is 2.27. The van der Waals surface area contributed by atoms with Crippen LogP contribution in [-0.4, -0.2) is 57.6 Å². The van der Waals surface area contributed by atoms with Gasteiger partial charge in [-0.1, -0.05) is 0 Å². The second-order valence-electron chi connectivity index (χ2n) is 4.27. The molecule has 0 aromatic heterocycles. The molecule has 0 aromatic rings. The zero-order valence-corrected chi connectivity index (χ0v) is 8.65. The third kappa shape index (κ3) is 2.08. The van der Waals surface area contributed by atoms with Gasteiger partial charge in [0.15, 0.2) is 0 Å². The van der Waals surface area contributed by atoms with Crippen molar-refractivity contribution in [3.63, 3.8) is 0 Å². The van der Waals surface area contributed by atoms with E-state index in [1.54, 1.807) is 7.11 Å². The summed E-state index contributed by atoms with van der Waals surface area (Å²) >= 11 is 0. The fourth-order valence-electron chi connectivity index (χ4n) is 2.40. The number of nitrogens with zero attached hydrogens (tertiary/aromatic N) is 1. The molecule has 2 fully saturated rings. The number of piperidine rings is 1. The summed E-state index contributed by atoms with van der Waals surface area (Å²) in [6.07, 6.45) is -0.400. The second-order valence-corrected chi connectivity index (χ2v) is 4.27. The van der Waals surface area contributed by atoms with Gasteiger partial charge in [-0.2, -0.15) is 0 Å². The molecule has 2 aliphatic heterocycles. The Morgan fingerprint density at radius 1 is 1.36 bits per heavy atom. The lowest BCUT2D eigenvalue weighted by molar-refractivity contribution is -0.149. The molecule has 0 aromatic carbocycles. The lowest BCUT2D eigenvalue weighted by atomic mass is 9.85. The smallest absolute Gasteiger partial charge is 0.105 e. The largest absolute Gasteiger partial charge is 0.383 e. The van der Waals surface area contributed by atoms with Gasteiger partial charge >= 0.3 is 0 Å². The molecule has 4 nitrogen and oxygen atoms in total. The number of ether oxygens (including phenoxy) is 2. The first kappa shape index (κ1) is 10.4. The van der Waals surface area contributed by atoms with Crippen LogP contribution in [0.1, 0.15) is 0 Å². The monoisotopic (exact) mass is 200 g/mol. The summed E-state index contributed by atoms with van der Waals surface area (Å²) < 4.78 is 10.4. The minimum Gasteiger partial charge on any atom is -0.383 e. The number of fused-ring (bicyclic) bond motifs is 2. The molecule has 4 heteroatoms. The maximum Gasteiger partial charge on any atom is 0.105 e. The predicted molar refractivity (Wildman–Crippen MR) is 50.6 cm³/mol. The van der Waals surface area contributed by atoms with Gasteiger partial charge in [0.1, 0.15) is 6.10 Å². The number of rotatable bonds is 3. The summed E-state index contributed by atoms with van der Waals surface area (Å²) in [6, 6.07) is 0. The van der Waals surface area contributed by atoms with E-state index in [9.17, 15) is 5.11 Å². The van der Waals surface area contributed by atoms with Crippen molar-refractivity contribution in [1.82, 2.24) is 4.90 Å². The molecule has 2 aliphatic rings. The van der Waals surface area contributed by atoms with Gasteiger partial charge in [-0.15, -0.1) is 0 Å². The molecule has 1 radical (unpaired) electrons. The number of hydrogen-bond acceptors (Lipinski definition) is 3. The Morgan fingerprint density at radius 3 is 2.57 bits per heavy atom. The van der Waals surface area contributed by atoms with E-state index < -0.39 is 6.10 Å². The molecule has 2 atom stereocenters. The molecule has 0 N–H and O–H groups in total. The first-order chi connectivity index (χ1) is 6.81. The van der Waals surface area contributed by atoms with Crippen molar-refractivity contribution in [2.24, 2.45) is 11.8 Å². The average Bonchev–Trinajstić information content (AvgIpc) is 2.15. The highest BCUT2D eigenvalue weighted by molar-refractivity contribution is 4.89. The second kappa shape index (κ2) is 4.57. The van der Waals surface area contributed by atoms with E-state index in [1.807, 2.05) is 0 Å². The van der Waals surface area contributed by atoms with Crippen LogP contribution in [0.25, 0.3) is 0 Å². The predicted octanol–water partition coefficient (Wildman–Crippen LogP) is 0.0101. The maximum absolute atomic E-state index is 11.8. The highest BCUT2D eigenvalue weighted by Gasteiger charge is 2.39. The van der Waals surface area contributed by atoms with Gasteiger partial charge in [-0.3, -0.25) is 0 Å². The molecule has 0 amide bonds. The fraction of sp³-hybridized carbons (Fsp3) is 1.00. The summed E-state index contributed by atoms with van der Waals surface area (Å²) in [5, 5.41) is 11.8. The summed E-state index contributed by atoms with van der Waals surface area (Å²) in [6.45, 7) is 4.75. The van der Waals surface area contributed by atoms with E-state index in [0.717, 1.165) is 26.2 Å². The van der Waals surface area contributed by atoms with Crippen LogP contribution in [0.3, 0.4) is 0 Å². The third-order valence-electron chi connectivity index (χ3n) is 3.19. The SMILES string of the molecule is COCCN1CC2COCC(C1)C2[O]. The molecule has 2 unspecified atom stereocenters. The molecular weight excluding hydrogens is 182 g/mol. The molecule has 81 valence electrons. The standard InChI is InChI=1S/C10H18NO3/c1-13-3-2-11-4-8-6-14-7-9(5-11)10(8)12/h8-10H,2-7H2,1H3. The van der Waals surface area contributed by atoms with Gasteiger partial charge < -0.3 is 14.4 Å². The molecule has 0 spiro atoms. The Balaban J connectivity index is 1.87. The van der Waals surface area contributed by atoms with Crippen LogP contribution in [0.4, 0.5) is 0 Å². The van der Waals surface area contributed by atoms with Crippen molar-refractivity contribution in [1.29, 1.82) is 0 Å². The van der Waals surface area contributed by atoms with Crippen LogP contribution in [0.5, 0.6) is 0 Å². The zero-order valence-electron chi connectivity index (χ0n) is 8.65. The van der Waals surface area contributed by atoms with Gasteiger partial charge in [0.2, 0.25) is 0 Å². The quantitative estimate of drug-likeness (QED) is 0.644. The molecule has 2 rings (SSSR count). The Labute approximate surface area is 84.8 Å². The van der Waals surface area contributed by atoms with Gasteiger partial charge in [-0.05, 0) is 0 Å². The third-order valence-corrected chi connectivity index (χ3v) is 3.19. The summed E-state index contributed by atoms with van der Waals surface area (Å²) in [5.41, 5.74) is 0. The van der Waals surface area contributed by atoms with Gasteiger partial charge in [0, 0.05) is 38.6 Å². The average molecular weight is 200 g/mol. The fourth-order valence-corrected chi connectivity index (χ4v) is 2.40. The Kier molecular flexibility index (Phi) is 3.38. The summed E-state index contributed by atoms with van der Waals surface area (Å²) in [4.78, 5) is 2.33. The minimum absolute atomic E-state index is 0.194. The molecule has 2 bridgehead atoms. The molecule has 2 saturated heterocycles. The van der Waals surface area contributed by atoms with E-state index in [-0.39, 0.29) is 11.8 Å². The Hall–Kier alpha value is -0.160. The molecular formula is C10H18NO3. The van der Waals surface area contributed by atoms with Crippen LogP contribution >= 0.6 is 0 Å². The first-order valence-electron chi connectivity index (χ1n) is 5.26. The van der Waals surface area contributed by atoms with Crippen molar-refractivity contribution in [2.75, 3.05) is 46.6 Å². The highest BCUT2D eigenvalue weighted by atomic mass is 16.5. The first-order valence-corrected chi connectivity index (χ1v) is 5.26. The molecule has 2 heterocycles. The van der Waals surface area contributed by atoms with Crippen LogP contribution in [-0.2, 0) is 14.6 Å². The van der Waals surface area contributed by atoms with Crippen LogP contribution in [0.2, 0.25) is 0 Å². The Morgan fingerprint density at radius 2 is 2.00 bits per heavy atom. The number of methoxy groups -OCH3 is 1. The topological polar surface area (TPSA) is 41.6 Å². The van der Waals surface area contributed by atoms with Gasteiger partial charge in [0.25, 0.3) is 0 Å². The lowest BCUT2D eigenvalue weighted by Gasteiger charge is -2.43. The van der Waals surface area contributed by atoms with E-state index >= 15 is 0 Å². The number of hydrogen-bond donors (Lipinski definition) is 0. The lowest BCUT2D eigenvalue weighted by Crippen LogP contribution is -2.55. The van der Waals surface area contributed by atoms with Crippen molar-refractivity contribution in [3.8, 4) is 0 Å². The van der Waals surface area contributed by atoms with Gasteiger partial charge in [0.05, 0.1) is 19.8 Å². The molecule has 14 heavy (non-hydrogen) atoms.